The van der Waals surface area contributed by atoms with Crippen LogP contribution in [0.1, 0.15) is 21.6 Å². The van der Waals surface area contributed by atoms with Crippen molar-refractivity contribution in [1.29, 1.82) is 0 Å². The lowest BCUT2D eigenvalue weighted by Crippen LogP contribution is -2.05. The second-order valence-electron chi connectivity index (χ2n) is 6.12. The maximum atomic E-state index is 11.4. The summed E-state index contributed by atoms with van der Waals surface area (Å²) >= 11 is 0. The third-order valence-corrected chi connectivity index (χ3v) is 4.40. The van der Waals surface area contributed by atoms with E-state index in [4.69, 9.17) is 11.5 Å². The molecule has 0 fully saturated rings. The lowest BCUT2D eigenvalue weighted by atomic mass is 9.96. The zero-order chi connectivity index (χ0) is 19.0. The summed E-state index contributed by atoms with van der Waals surface area (Å²) in [5, 5.41) is 11.0. The molecule has 0 aliphatic carbocycles. The first-order valence-corrected chi connectivity index (χ1v) is 8.31. The number of aromatic nitrogens is 4. The molecule has 0 saturated carbocycles. The minimum Gasteiger partial charge on any atom is -0.478 e. The van der Waals surface area contributed by atoms with Gasteiger partial charge in [-0.25, -0.2) is 14.8 Å². The standard InChI is InChI=1S/C19H16N6O2/c20-16-15-17(25-19(21)24-16)22-9-11(23-15)7-5-10-6-8-14(18(26)27)13-4-2-1-3-12(10)13/h1-4,6,8-9H,5,7H2,(H,26,27)(H4,20,21,22,24,25). The molecule has 0 spiro atoms. The third-order valence-electron chi connectivity index (χ3n) is 4.40. The van der Waals surface area contributed by atoms with Gasteiger partial charge in [-0.1, -0.05) is 30.3 Å². The van der Waals surface area contributed by atoms with Crippen molar-refractivity contribution >= 4 is 39.7 Å². The van der Waals surface area contributed by atoms with Crippen LogP contribution in [0.25, 0.3) is 21.9 Å². The second-order valence-corrected chi connectivity index (χ2v) is 6.12. The number of fused-ring (bicyclic) bond motifs is 2. The molecule has 2 heterocycles. The minimum atomic E-state index is -0.937. The number of rotatable bonds is 4. The fourth-order valence-corrected chi connectivity index (χ4v) is 3.13. The molecular weight excluding hydrogens is 344 g/mol. The van der Waals surface area contributed by atoms with E-state index < -0.39 is 5.97 Å². The molecule has 0 amide bonds. The van der Waals surface area contributed by atoms with E-state index in [1.165, 1.54) is 0 Å². The maximum absolute atomic E-state index is 11.4. The largest absolute Gasteiger partial charge is 0.478 e. The van der Waals surface area contributed by atoms with Gasteiger partial charge in [0.15, 0.2) is 17.0 Å². The molecule has 8 nitrogen and oxygen atoms in total. The van der Waals surface area contributed by atoms with Gasteiger partial charge in [-0.15, -0.1) is 0 Å². The Kier molecular flexibility index (Phi) is 4.00. The lowest BCUT2D eigenvalue weighted by Gasteiger charge is -2.09. The van der Waals surface area contributed by atoms with Crippen LogP contribution >= 0.6 is 0 Å². The van der Waals surface area contributed by atoms with E-state index in [2.05, 4.69) is 19.9 Å². The van der Waals surface area contributed by atoms with E-state index in [-0.39, 0.29) is 11.8 Å². The average Bonchev–Trinajstić information content (AvgIpc) is 2.66. The number of carboxylic acid groups (broad SMARTS) is 1. The summed E-state index contributed by atoms with van der Waals surface area (Å²) in [5.41, 5.74) is 14.3. The molecule has 2 aromatic carbocycles. The van der Waals surface area contributed by atoms with E-state index in [0.29, 0.717) is 29.6 Å². The molecule has 0 atom stereocenters. The van der Waals surface area contributed by atoms with Crippen molar-refractivity contribution in [2.24, 2.45) is 0 Å². The lowest BCUT2D eigenvalue weighted by molar-refractivity contribution is 0.0699. The van der Waals surface area contributed by atoms with Gasteiger partial charge in [-0.3, -0.25) is 0 Å². The van der Waals surface area contributed by atoms with Crippen molar-refractivity contribution in [1.82, 2.24) is 19.9 Å². The van der Waals surface area contributed by atoms with E-state index in [0.717, 1.165) is 22.0 Å². The van der Waals surface area contributed by atoms with Crippen molar-refractivity contribution in [3.05, 3.63) is 59.4 Å². The Morgan fingerprint density at radius 1 is 0.963 bits per heavy atom. The van der Waals surface area contributed by atoms with Crippen LogP contribution < -0.4 is 11.5 Å². The van der Waals surface area contributed by atoms with Gasteiger partial charge in [0, 0.05) is 0 Å². The van der Waals surface area contributed by atoms with Gasteiger partial charge in [0.05, 0.1) is 17.5 Å². The highest BCUT2D eigenvalue weighted by molar-refractivity contribution is 6.04. The Balaban J connectivity index is 1.67. The van der Waals surface area contributed by atoms with Gasteiger partial charge < -0.3 is 16.6 Å². The molecule has 0 bridgehead atoms. The second kappa shape index (κ2) is 6.49. The molecule has 0 unspecified atom stereocenters. The Hall–Kier alpha value is -3.81. The smallest absolute Gasteiger partial charge is 0.336 e. The number of nitrogens with zero attached hydrogens (tertiary/aromatic N) is 4. The average molecular weight is 360 g/mol. The predicted molar refractivity (Wildman–Crippen MR) is 102 cm³/mol. The summed E-state index contributed by atoms with van der Waals surface area (Å²) in [7, 11) is 0. The van der Waals surface area contributed by atoms with Crippen LogP contribution in [-0.2, 0) is 12.8 Å². The van der Waals surface area contributed by atoms with Gasteiger partial charge in [0.2, 0.25) is 5.95 Å². The zero-order valence-corrected chi connectivity index (χ0v) is 14.3. The van der Waals surface area contributed by atoms with Crippen LogP contribution in [-0.4, -0.2) is 31.0 Å². The predicted octanol–water partition coefficient (Wildman–Crippen LogP) is 2.22. The molecule has 0 radical (unpaired) electrons. The van der Waals surface area contributed by atoms with Crippen LogP contribution in [0.2, 0.25) is 0 Å². The first-order chi connectivity index (χ1) is 13.0. The normalized spacial score (nSPS) is 11.1. The quantitative estimate of drug-likeness (QED) is 0.503. The number of anilines is 2. The number of hydrogen-bond donors (Lipinski definition) is 3. The van der Waals surface area contributed by atoms with E-state index in [1.807, 2.05) is 30.3 Å². The molecule has 5 N–H and O–H groups in total. The number of aryl methyl sites for hydroxylation is 2. The van der Waals surface area contributed by atoms with Crippen molar-refractivity contribution in [2.75, 3.05) is 11.5 Å². The van der Waals surface area contributed by atoms with E-state index in [9.17, 15) is 9.90 Å². The number of carboxylic acids is 1. The van der Waals surface area contributed by atoms with Crippen molar-refractivity contribution in [3.63, 3.8) is 0 Å². The summed E-state index contributed by atoms with van der Waals surface area (Å²) in [4.78, 5) is 28.1. The Morgan fingerprint density at radius 2 is 1.74 bits per heavy atom. The molecule has 2 aromatic heterocycles. The van der Waals surface area contributed by atoms with Crippen LogP contribution in [0, 0.1) is 0 Å². The number of nitrogens with two attached hydrogens (primary N) is 2. The fourth-order valence-electron chi connectivity index (χ4n) is 3.13. The summed E-state index contributed by atoms with van der Waals surface area (Å²) in [5.74, 6) is -0.678. The Bertz CT molecular complexity index is 1190. The number of aromatic carboxylic acids is 1. The van der Waals surface area contributed by atoms with Gasteiger partial charge in [0.1, 0.15) is 0 Å². The summed E-state index contributed by atoms with van der Waals surface area (Å²) in [6.45, 7) is 0. The highest BCUT2D eigenvalue weighted by Gasteiger charge is 2.12. The highest BCUT2D eigenvalue weighted by atomic mass is 16.4. The van der Waals surface area contributed by atoms with Gasteiger partial charge in [-0.05, 0) is 35.2 Å². The Labute approximate surface area is 153 Å². The Morgan fingerprint density at radius 3 is 2.52 bits per heavy atom. The number of benzene rings is 2. The van der Waals surface area contributed by atoms with Crippen LogP contribution in [0.4, 0.5) is 11.8 Å². The molecule has 27 heavy (non-hydrogen) atoms. The van der Waals surface area contributed by atoms with Crippen LogP contribution in [0.3, 0.4) is 0 Å². The number of nitrogen functional groups attached to an aromatic ring is 2. The molecule has 0 aliphatic rings. The highest BCUT2D eigenvalue weighted by Crippen LogP contribution is 2.24. The molecular formula is C19H16N6O2. The number of hydrogen-bond acceptors (Lipinski definition) is 7. The SMILES string of the molecule is Nc1nc(N)c2nc(CCc3ccc(C(=O)O)c4ccccc34)cnc2n1. The van der Waals surface area contributed by atoms with Crippen LogP contribution in [0.5, 0.6) is 0 Å². The van der Waals surface area contributed by atoms with Gasteiger partial charge in [0.25, 0.3) is 0 Å². The van der Waals surface area contributed by atoms with Crippen molar-refractivity contribution < 1.29 is 9.90 Å². The van der Waals surface area contributed by atoms with Gasteiger partial charge in [-0.2, -0.15) is 9.97 Å². The molecule has 134 valence electrons. The van der Waals surface area contributed by atoms with Crippen molar-refractivity contribution in [2.45, 2.75) is 12.8 Å². The van der Waals surface area contributed by atoms with Gasteiger partial charge >= 0.3 is 5.97 Å². The zero-order valence-electron chi connectivity index (χ0n) is 14.3. The topological polar surface area (TPSA) is 141 Å². The molecule has 0 saturated heterocycles. The van der Waals surface area contributed by atoms with E-state index in [1.54, 1.807) is 12.3 Å². The maximum Gasteiger partial charge on any atom is 0.336 e. The molecule has 0 aliphatic heterocycles. The first kappa shape index (κ1) is 16.6. The third kappa shape index (κ3) is 3.08. The summed E-state index contributed by atoms with van der Waals surface area (Å²) < 4.78 is 0. The number of carbonyl (C=O) groups is 1. The van der Waals surface area contributed by atoms with Crippen molar-refractivity contribution in [3.8, 4) is 0 Å². The summed E-state index contributed by atoms with van der Waals surface area (Å²) in [6.07, 6.45) is 2.93. The summed E-state index contributed by atoms with van der Waals surface area (Å²) in [6, 6.07) is 11.0. The van der Waals surface area contributed by atoms with E-state index >= 15 is 0 Å². The first-order valence-electron chi connectivity index (χ1n) is 8.31. The molecule has 8 heteroatoms. The monoisotopic (exact) mass is 360 g/mol. The fraction of sp³-hybridized carbons (Fsp3) is 0.105. The molecule has 4 rings (SSSR count). The van der Waals surface area contributed by atoms with Crippen LogP contribution in [0.15, 0.2) is 42.6 Å². The molecule has 4 aromatic rings. The minimum absolute atomic E-state index is 0.0621.